The molecule has 1 atom stereocenters. The topological polar surface area (TPSA) is 118 Å². The minimum atomic E-state index is -0.349. The Morgan fingerprint density at radius 1 is 1.02 bits per heavy atom. The summed E-state index contributed by atoms with van der Waals surface area (Å²) in [6.07, 6.45) is 8.69. The van der Waals surface area contributed by atoms with Crippen molar-refractivity contribution in [3.63, 3.8) is 0 Å². The molecule has 1 aromatic carbocycles. The van der Waals surface area contributed by atoms with Gasteiger partial charge in [0, 0.05) is 31.9 Å². The second-order valence-electron chi connectivity index (χ2n) is 10.8. The Labute approximate surface area is 236 Å². The van der Waals surface area contributed by atoms with E-state index in [9.17, 15) is 14.7 Å². The molecule has 1 saturated carbocycles. The van der Waals surface area contributed by atoms with Crippen molar-refractivity contribution in [2.75, 3.05) is 18.0 Å². The van der Waals surface area contributed by atoms with Crippen molar-refractivity contribution in [2.45, 2.75) is 57.7 Å². The standard InChI is InChI=1S/C29H32ClN7O3/c1-18-23(12-20(30)13-31-18)28(39)34-21-8-6-19(7-9-21)16-36-24-4-2-3-5-25(24)37(29(36)40)27-15-32-26(14-33-27)35-11-10-22(38)17-35/h2-5,12-15,19,21-22,38H,6-11,16-17H2,1H3,(H,34,39)/t19?,21?,22-/m0/s1. The van der Waals surface area contributed by atoms with Gasteiger partial charge in [-0.15, -0.1) is 0 Å². The molecule has 208 valence electrons. The zero-order valence-electron chi connectivity index (χ0n) is 22.3. The summed E-state index contributed by atoms with van der Waals surface area (Å²) in [5.74, 6) is 1.33. The van der Waals surface area contributed by atoms with Crippen LogP contribution in [0.25, 0.3) is 16.9 Å². The molecule has 0 radical (unpaired) electrons. The van der Waals surface area contributed by atoms with Crippen molar-refractivity contribution in [3.8, 4) is 5.82 Å². The number of benzene rings is 1. The smallest absolute Gasteiger partial charge is 0.334 e. The number of anilines is 1. The number of amides is 1. The van der Waals surface area contributed by atoms with Gasteiger partial charge in [-0.1, -0.05) is 23.7 Å². The average molecular weight is 562 g/mol. The second kappa shape index (κ2) is 11.0. The van der Waals surface area contributed by atoms with Gasteiger partial charge < -0.3 is 15.3 Å². The van der Waals surface area contributed by atoms with Crippen LogP contribution in [-0.2, 0) is 6.54 Å². The molecule has 1 aliphatic heterocycles. The quantitative estimate of drug-likeness (QED) is 0.370. The maximum absolute atomic E-state index is 13.7. The summed E-state index contributed by atoms with van der Waals surface area (Å²) in [7, 11) is 0. The summed E-state index contributed by atoms with van der Waals surface area (Å²) < 4.78 is 3.46. The average Bonchev–Trinajstić information content (AvgIpc) is 3.52. The second-order valence-corrected chi connectivity index (χ2v) is 11.3. The van der Waals surface area contributed by atoms with Crippen molar-refractivity contribution in [3.05, 3.63) is 75.7 Å². The van der Waals surface area contributed by atoms with Crippen LogP contribution in [0.1, 0.15) is 48.2 Å². The zero-order valence-corrected chi connectivity index (χ0v) is 23.1. The fourth-order valence-electron chi connectivity index (χ4n) is 5.90. The highest BCUT2D eigenvalue weighted by atomic mass is 35.5. The number of aryl methyl sites for hydroxylation is 1. The van der Waals surface area contributed by atoms with Crippen molar-refractivity contribution >= 4 is 34.4 Å². The first-order valence-electron chi connectivity index (χ1n) is 13.8. The van der Waals surface area contributed by atoms with Gasteiger partial charge in [-0.2, -0.15) is 0 Å². The Hall–Kier alpha value is -3.76. The molecule has 0 unspecified atom stereocenters. The molecule has 1 aliphatic carbocycles. The predicted octanol–water partition coefficient (Wildman–Crippen LogP) is 3.50. The predicted molar refractivity (Wildman–Crippen MR) is 153 cm³/mol. The highest BCUT2D eigenvalue weighted by Crippen LogP contribution is 2.28. The molecule has 2 aliphatic rings. The largest absolute Gasteiger partial charge is 0.391 e. The van der Waals surface area contributed by atoms with Crippen LogP contribution in [0.15, 0.2) is 53.7 Å². The van der Waals surface area contributed by atoms with E-state index in [1.165, 1.54) is 0 Å². The lowest BCUT2D eigenvalue weighted by atomic mass is 9.85. The number of β-amino-alcohol motifs (C(OH)–C–C–N with tert-alkyl or cyclic N) is 1. The van der Waals surface area contributed by atoms with Gasteiger partial charge in [0.1, 0.15) is 5.82 Å². The van der Waals surface area contributed by atoms with Crippen molar-refractivity contribution in [1.29, 1.82) is 0 Å². The molecule has 1 saturated heterocycles. The van der Waals surface area contributed by atoms with Crippen LogP contribution < -0.4 is 15.9 Å². The molecule has 4 aromatic rings. The lowest BCUT2D eigenvalue weighted by molar-refractivity contribution is 0.0919. The number of fused-ring (bicyclic) bond motifs is 1. The monoisotopic (exact) mass is 561 g/mol. The number of nitrogens with one attached hydrogen (secondary N) is 1. The van der Waals surface area contributed by atoms with E-state index in [0.717, 1.165) is 43.3 Å². The summed E-state index contributed by atoms with van der Waals surface area (Å²) in [4.78, 5) is 41.8. The minimum Gasteiger partial charge on any atom is -0.391 e. The van der Waals surface area contributed by atoms with Gasteiger partial charge in [0.2, 0.25) is 0 Å². The third-order valence-corrected chi connectivity index (χ3v) is 8.30. The number of pyridine rings is 1. The van der Waals surface area contributed by atoms with Gasteiger partial charge in [0.05, 0.1) is 45.8 Å². The van der Waals surface area contributed by atoms with Gasteiger partial charge in [-0.25, -0.2) is 19.3 Å². The molecule has 2 N–H and O–H groups in total. The molecule has 11 heteroatoms. The van der Waals surface area contributed by atoms with E-state index >= 15 is 0 Å². The van der Waals surface area contributed by atoms with Gasteiger partial charge in [0.25, 0.3) is 5.91 Å². The fourth-order valence-corrected chi connectivity index (χ4v) is 6.06. The highest BCUT2D eigenvalue weighted by molar-refractivity contribution is 6.30. The number of aliphatic hydroxyl groups excluding tert-OH is 1. The lowest BCUT2D eigenvalue weighted by Crippen LogP contribution is -2.39. The third-order valence-electron chi connectivity index (χ3n) is 8.10. The Bertz CT molecular complexity index is 1590. The van der Waals surface area contributed by atoms with Crippen LogP contribution in [0, 0.1) is 12.8 Å². The van der Waals surface area contributed by atoms with Gasteiger partial charge >= 0.3 is 5.69 Å². The molecule has 4 heterocycles. The van der Waals surface area contributed by atoms with Gasteiger partial charge in [0.15, 0.2) is 5.82 Å². The highest BCUT2D eigenvalue weighted by Gasteiger charge is 2.26. The molecule has 10 nitrogen and oxygen atoms in total. The number of hydrogen-bond donors (Lipinski definition) is 2. The Morgan fingerprint density at radius 2 is 1.75 bits per heavy atom. The Kier molecular flexibility index (Phi) is 7.29. The van der Waals surface area contributed by atoms with Gasteiger partial charge in [-0.05, 0) is 63.1 Å². The SMILES string of the molecule is Cc1ncc(Cl)cc1C(=O)NC1CCC(Cn2c(=O)n(-c3cnc(N4CC[C@H](O)C4)cn3)c3ccccc32)CC1. The molecule has 6 rings (SSSR count). The van der Waals surface area contributed by atoms with Crippen LogP contribution in [0.2, 0.25) is 5.02 Å². The summed E-state index contributed by atoms with van der Waals surface area (Å²) in [5, 5.41) is 13.4. The maximum Gasteiger partial charge on any atom is 0.334 e. The Balaban J connectivity index is 1.16. The number of imidazole rings is 1. The van der Waals surface area contributed by atoms with Crippen molar-refractivity contribution in [1.82, 2.24) is 29.4 Å². The third kappa shape index (κ3) is 5.21. The first kappa shape index (κ1) is 26.5. The van der Waals surface area contributed by atoms with Gasteiger partial charge in [-0.3, -0.25) is 14.3 Å². The molecule has 1 amide bonds. The van der Waals surface area contributed by atoms with Crippen LogP contribution in [-0.4, -0.2) is 60.3 Å². The van der Waals surface area contributed by atoms with Crippen molar-refractivity contribution in [2.24, 2.45) is 5.92 Å². The first-order valence-corrected chi connectivity index (χ1v) is 14.1. The summed E-state index contributed by atoms with van der Waals surface area (Å²) in [5.41, 5.74) is 2.67. The maximum atomic E-state index is 13.7. The number of hydrogen-bond acceptors (Lipinski definition) is 7. The summed E-state index contributed by atoms with van der Waals surface area (Å²) in [6, 6.07) is 9.48. The van der Waals surface area contributed by atoms with E-state index in [1.807, 2.05) is 33.7 Å². The number of carbonyl (C=O) groups is 1. The summed E-state index contributed by atoms with van der Waals surface area (Å²) in [6.45, 7) is 3.67. The molecular formula is C29H32ClN7O3. The van der Waals surface area contributed by atoms with Crippen molar-refractivity contribution < 1.29 is 9.90 Å². The Morgan fingerprint density at radius 3 is 2.45 bits per heavy atom. The van der Waals surface area contributed by atoms with E-state index in [1.54, 1.807) is 36.1 Å². The molecule has 2 fully saturated rings. The summed E-state index contributed by atoms with van der Waals surface area (Å²) >= 11 is 6.04. The number of halogens is 1. The molecular weight excluding hydrogens is 530 g/mol. The van der Waals surface area contributed by atoms with E-state index in [4.69, 9.17) is 11.6 Å². The molecule has 0 bridgehead atoms. The van der Waals surface area contributed by atoms with Crippen LogP contribution >= 0.6 is 11.6 Å². The van der Waals surface area contributed by atoms with Crippen LogP contribution in [0.3, 0.4) is 0 Å². The molecule has 0 spiro atoms. The number of carbonyl (C=O) groups excluding carboxylic acids is 1. The number of para-hydroxylation sites is 2. The number of rotatable bonds is 6. The minimum absolute atomic E-state index is 0.0747. The van der Waals surface area contributed by atoms with Crippen LogP contribution in [0.4, 0.5) is 5.82 Å². The number of aliphatic hydroxyl groups is 1. The fraction of sp³-hybridized carbons (Fsp3) is 0.414. The lowest BCUT2D eigenvalue weighted by Gasteiger charge is -2.29. The number of aromatic nitrogens is 5. The zero-order chi connectivity index (χ0) is 27.8. The van der Waals surface area contributed by atoms with E-state index in [-0.39, 0.29) is 23.7 Å². The van der Waals surface area contributed by atoms with E-state index in [2.05, 4.69) is 20.3 Å². The number of nitrogens with zero attached hydrogens (tertiary/aromatic N) is 6. The molecule has 3 aromatic heterocycles. The van der Waals surface area contributed by atoms with E-state index < -0.39 is 0 Å². The first-order chi connectivity index (χ1) is 19.4. The normalized spacial score (nSPS) is 21.2. The van der Waals surface area contributed by atoms with Crippen LogP contribution in [0.5, 0.6) is 0 Å². The van der Waals surface area contributed by atoms with E-state index in [0.29, 0.717) is 53.3 Å². The molecule has 40 heavy (non-hydrogen) atoms.